The van der Waals surface area contributed by atoms with E-state index < -0.39 is 0 Å². The Morgan fingerprint density at radius 3 is 2.67 bits per heavy atom. The predicted molar refractivity (Wildman–Crippen MR) is 110 cm³/mol. The van der Waals surface area contributed by atoms with Crippen LogP contribution in [0.4, 0.5) is 4.79 Å². The molecule has 1 N–H and O–H groups in total. The first-order valence-corrected chi connectivity index (χ1v) is 10.1. The lowest BCUT2D eigenvalue weighted by molar-refractivity contribution is 0.174. The molecule has 1 unspecified atom stereocenters. The fourth-order valence-electron chi connectivity index (χ4n) is 3.16. The summed E-state index contributed by atoms with van der Waals surface area (Å²) < 4.78 is 1.63. The topological polar surface area (TPSA) is 67.2 Å². The van der Waals surface area contributed by atoms with Crippen molar-refractivity contribution >= 4 is 28.5 Å². The van der Waals surface area contributed by atoms with E-state index >= 15 is 0 Å². The standard InChI is InChI=1S/C20H29ClN4O2/c1-5-8-11-22-20(27)25(12-6-2)14(4)18-23-17-10-9-15(21)13-16(17)19(26)24(18)7-3/h9-10,13-14H,5-8,11-12H2,1-4H3,(H,22,27). The van der Waals surface area contributed by atoms with Gasteiger partial charge in [-0.1, -0.05) is 31.9 Å². The van der Waals surface area contributed by atoms with E-state index in [0.29, 0.717) is 41.4 Å². The van der Waals surface area contributed by atoms with Crippen LogP contribution in [0.2, 0.25) is 5.02 Å². The number of hydrogen-bond donors (Lipinski definition) is 1. The Bertz CT molecular complexity index is 850. The van der Waals surface area contributed by atoms with Gasteiger partial charge < -0.3 is 10.2 Å². The molecule has 6 nitrogen and oxygen atoms in total. The third kappa shape index (κ3) is 4.80. The second-order valence-corrected chi connectivity index (χ2v) is 7.07. The van der Waals surface area contributed by atoms with Gasteiger partial charge in [-0.15, -0.1) is 0 Å². The quantitative estimate of drug-likeness (QED) is 0.679. The molecular weight excluding hydrogens is 364 g/mol. The van der Waals surface area contributed by atoms with Gasteiger partial charge in [0.1, 0.15) is 5.82 Å². The van der Waals surface area contributed by atoms with E-state index in [4.69, 9.17) is 16.6 Å². The summed E-state index contributed by atoms with van der Waals surface area (Å²) in [6, 6.07) is 4.68. The van der Waals surface area contributed by atoms with Crippen LogP contribution in [-0.4, -0.2) is 33.6 Å². The second kappa shape index (κ2) is 9.74. The Morgan fingerprint density at radius 2 is 2.04 bits per heavy atom. The first-order chi connectivity index (χ1) is 12.9. The minimum atomic E-state index is -0.320. The normalized spacial score (nSPS) is 12.2. The van der Waals surface area contributed by atoms with E-state index in [2.05, 4.69) is 12.2 Å². The van der Waals surface area contributed by atoms with E-state index in [0.717, 1.165) is 19.3 Å². The average molecular weight is 393 g/mol. The zero-order valence-electron chi connectivity index (χ0n) is 16.6. The van der Waals surface area contributed by atoms with Crippen LogP contribution >= 0.6 is 11.6 Å². The zero-order chi connectivity index (χ0) is 20.0. The Kier molecular flexibility index (Phi) is 7.66. The van der Waals surface area contributed by atoms with Gasteiger partial charge >= 0.3 is 6.03 Å². The molecule has 0 aliphatic carbocycles. The number of nitrogens with zero attached hydrogens (tertiary/aromatic N) is 3. The molecular formula is C20H29ClN4O2. The van der Waals surface area contributed by atoms with E-state index in [1.165, 1.54) is 0 Å². The van der Waals surface area contributed by atoms with Gasteiger partial charge in [-0.05, 0) is 44.9 Å². The number of carbonyl (C=O) groups is 1. The number of urea groups is 1. The molecule has 1 aromatic carbocycles. The van der Waals surface area contributed by atoms with E-state index in [1.807, 2.05) is 20.8 Å². The highest BCUT2D eigenvalue weighted by molar-refractivity contribution is 6.31. The highest BCUT2D eigenvalue weighted by Gasteiger charge is 2.25. The highest BCUT2D eigenvalue weighted by atomic mass is 35.5. The van der Waals surface area contributed by atoms with Crippen LogP contribution in [0.1, 0.15) is 58.8 Å². The third-order valence-electron chi connectivity index (χ3n) is 4.64. The summed E-state index contributed by atoms with van der Waals surface area (Å²) in [6.07, 6.45) is 2.79. The summed E-state index contributed by atoms with van der Waals surface area (Å²) in [4.78, 5) is 32.1. The molecule has 7 heteroatoms. The van der Waals surface area contributed by atoms with Crippen molar-refractivity contribution in [3.05, 3.63) is 39.4 Å². The van der Waals surface area contributed by atoms with Gasteiger partial charge in [0, 0.05) is 24.7 Å². The number of hydrogen-bond acceptors (Lipinski definition) is 3. The van der Waals surface area contributed by atoms with Crippen molar-refractivity contribution in [1.82, 2.24) is 19.8 Å². The van der Waals surface area contributed by atoms with Gasteiger partial charge in [0.05, 0.1) is 16.9 Å². The second-order valence-electron chi connectivity index (χ2n) is 6.64. The van der Waals surface area contributed by atoms with Crippen molar-refractivity contribution < 1.29 is 4.79 Å². The number of benzene rings is 1. The number of fused-ring (bicyclic) bond motifs is 1. The van der Waals surface area contributed by atoms with Gasteiger partial charge in [0.2, 0.25) is 0 Å². The Balaban J connectivity index is 2.46. The van der Waals surface area contributed by atoms with Crippen LogP contribution in [0.3, 0.4) is 0 Å². The number of amides is 2. The first kappa shape index (κ1) is 21.2. The van der Waals surface area contributed by atoms with Crippen LogP contribution in [-0.2, 0) is 6.54 Å². The Morgan fingerprint density at radius 1 is 1.30 bits per heavy atom. The summed E-state index contributed by atoms with van der Waals surface area (Å²) in [5, 5.41) is 3.97. The summed E-state index contributed by atoms with van der Waals surface area (Å²) in [5.74, 6) is 0.594. The minimum absolute atomic E-state index is 0.120. The maximum Gasteiger partial charge on any atom is 0.318 e. The number of aromatic nitrogens is 2. The van der Waals surface area contributed by atoms with Crippen molar-refractivity contribution in [2.75, 3.05) is 13.1 Å². The molecule has 2 rings (SSSR count). The lowest BCUT2D eigenvalue weighted by atomic mass is 10.2. The SMILES string of the molecule is CCCCNC(=O)N(CCC)C(C)c1nc2ccc(Cl)cc2c(=O)n1CC. The van der Waals surface area contributed by atoms with Crippen molar-refractivity contribution in [3.63, 3.8) is 0 Å². The molecule has 1 atom stereocenters. The molecule has 0 aliphatic heterocycles. The van der Waals surface area contributed by atoms with Crippen LogP contribution in [0.5, 0.6) is 0 Å². The van der Waals surface area contributed by atoms with Gasteiger partial charge in [0.25, 0.3) is 5.56 Å². The maximum absolute atomic E-state index is 12.9. The number of rotatable bonds is 8. The lowest BCUT2D eigenvalue weighted by Gasteiger charge is -2.30. The number of nitrogens with one attached hydrogen (secondary N) is 1. The highest BCUT2D eigenvalue weighted by Crippen LogP contribution is 2.22. The van der Waals surface area contributed by atoms with E-state index in [1.54, 1.807) is 27.7 Å². The molecule has 0 bridgehead atoms. The molecule has 148 valence electrons. The molecule has 0 saturated heterocycles. The molecule has 0 saturated carbocycles. The van der Waals surface area contributed by atoms with Crippen LogP contribution < -0.4 is 10.9 Å². The van der Waals surface area contributed by atoms with Gasteiger partial charge in [0.15, 0.2) is 0 Å². The minimum Gasteiger partial charge on any atom is -0.338 e. The number of unbranched alkanes of at least 4 members (excludes halogenated alkanes) is 1. The first-order valence-electron chi connectivity index (χ1n) is 9.68. The lowest BCUT2D eigenvalue weighted by Crippen LogP contribution is -2.44. The molecule has 1 heterocycles. The number of carbonyl (C=O) groups excluding carboxylic acids is 1. The summed E-state index contributed by atoms with van der Waals surface area (Å²) >= 11 is 6.05. The third-order valence-corrected chi connectivity index (χ3v) is 4.87. The van der Waals surface area contributed by atoms with E-state index in [-0.39, 0.29) is 17.6 Å². The predicted octanol–water partition coefficient (Wildman–Crippen LogP) is 4.35. The monoisotopic (exact) mass is 392 g/mol. The van der Waals surface area contributed by atoms with Crippen molar-refractivity contribution in [2.24, 2.45) is 0 Å². The largest absolute Gasteiger partial charge is 0.338 e. The Hall–Kier alpha value is -2.08. The van der Waals surface area contributed by atoms with Crippen molar-refractivity contribution in [2.45, 2.75) is 59.5 Å². The molecule has 2 amide bonds. The average Bonchev–Trinajstić information content (AvgIpc) is 2.66. The van der Waals surface area contributed by atoms with Crippen molar-refractivity contribution in [3.8, 4) is 0 Å². The summed E-state index contributed by atoms with van der Waals surface area (Å²) in [5.41, 5.74) is 0.466. The molecule has 2 aromatic rings. The molecule has 1 aromatic heterocycles. The zero-order valence-corrected chi connectivity index (χ0v) is 17.3. The molecule has 0 fully saturated rings. The Labute approximate surface area is 165 Å². The maximum atomic E-state index is 12.9. The molecule has 0 radical (unpaired) electrons. The van der Waals surface area contributed by atoms with Crippen molar-refractivity contribution in [1.29, 1.82) is 0 Å². The van der Waals surface area contributed by atoms with Gasteiger partial charge in [-0.3, -0.25) is 9.36 Å². The fourth-order valence-corrected chi connectivity index (χ4v) is 3.33. The molecule has 0 spiro atoms. The summed E-state index contributed by atoms with van der Waals surface area (Å²) in [7, 11) is 0. The summed E-state index contributed by atoms with van der Waals surface area (Å²) in [6.45, 7) is 9.66. The van der Waals surface area contributed by atoms with Crippen LogP contribution in [0.25, 0.3) is 10.9 Å². The van der Waals surface area contributed by atoms with Gasteiger partial charge in [-0.25, -0.2) is 9.78 Å². The molecule has 0 aliphatic rings. The molecule has 27 heavy (non-hydrogen) atoms. The van der Waals surface area contributed by atoms with E-state index in [9.17, 15) is 9.59 Å². The van der Waals surface area contributed by atoms with Crippen LogP contribution in [0.15, 0.2) is 23.0 Å². The number of halogens is 1. The fraction of sp³-hybridized carbons (Fsp3) is 0.550. The van der Waals surface area contributed by atoms with Crippen LogP contribution in [0, 0.1) is 0 Å². The smallest absolute Gasteiger partial charge is 0.318 e. The van der Waals surface area contributed by atoms with Gasteiger partial charge in [-0.2, -0.15) is 0 Å².